The van der Waals surface area contributed by atoms with Crippen molar-refractivity contribution in [1.29, 1.82) is 0 Å². The number of amides is 1. The van der Waals surface area contributed by atoms with Gasteiger partial charge in [0.1, 0.15) is 9.88 Å². The van der Waals surface area contributed by atoms with Crippen LogP contribution in [0.15, 0.2) is 30.3 Å². The van der Waals surface area contributed by atoms with E-state index < -0.39 is 0 Å². The first-order valence-electron chi connectivity index (χ1n) is 7.22. The fourth-order valence-electron chi connectivity index (χ4n) is 1.93. The number of hydrogen-bond acceptors (Lipinski definition) is 5. The Morgan fingerprint density at radius 2 is 2.09 bits per heavy atom. The monoisotopic (exact) mass is 320 g/mol. The van der Waals surface area contributed by atoms with E-state index in [1.54, 1.807) is 0 Å². The highest BCUT2D eigenvalue weighted by Crippen LogP contribution is 2.27. The number of aryl methyl sites for hydroxylation is 1. The average Bonchev–Trinajstić information content (AvgIpc) is 2.93. The Morgan fingerprint density at radius 1 is 1.32 bits per heavy atom. The number of aliphatic hydroxyl groups is 1. The molecule has 0 atom stereocenters. The fraction of sp³-hybridized carbons (Fsp3) is 0.375. The van der Waals surface area contributed by atoms with E-state index in [2.05, 4.69) is 10.3 Å². The van der Waals surface area contributed by atoms with Crippen LogP contribution in [-0.4, -0.2) is 42.4 Å². The van der Waals surface area contributed by atoms with Crippen LogP contribution < -0.4 is 5.32 Å². The van der Waals surface area contributed by atoms with Gasteiger partial charge in [-0.2, -0.15) is 0 Å². The predicted molar refractivity (Wildman–Crippen MR) is 87.1 cm³/mol. The molecule has 1 heterocycles. The summed E-state index contributed by atoms with van der Waals surface area (Å²) < 4.78 is 5.14. The largest absolute Gasteiger partial charge is 0.394 e. The van der Waals surface area contributed by atoms with Gasteiger partial charge in [0.05, 0.1) is 18.9 Å². The van der Waals surface area contributed by atoms with Crippen LogP contribution in [0, 0.1) is 6.92 Å². The summed E-state index contributed by atoms with van der Waals surface area (Å²) >= 11 is 1.41. The normalized spacial score (nSPS) is 10.6. The first-order chi connectivity index (χ1) is 10.7. The number of benzene rings is 1. The Kier molecular flexibility index (Phi) is 6.51. The van der Waals surface area contributed by atoms with Crippen LogP contribution in [0.4, 0.5) is 0 Å². The smallest absolute Gasteiger partial charge is 0.263 e. The maximum Gasteiger partial charge on any atom is 0.263 e. The summed E-state index contributed by atoms with van der Waals surface area (Å²) in [7, 11) is 0. The van der Waals surface area contributed by atoms with Gasteiger partial charge < -0.3 is 15.2 Å². The first-order valence-corrected chi connectivity index (χ1v) is 8.03. The van der Waals surface area contributed by atoms with Crippen molar-refractivity contribution >= 4 is 17.2 Å². The third-order valence-corrected chi connectivity index (χ3v) is 4.22. The number of aromatic nitrogens is 1. The number of hydrogen-bond donors (Lipinski definition) is 2. The van der Waals surface area contributed by atoms with Crippen molar-refractivity contribution in [2.45, 2.75) is 13.3 Å². The zero-order valence-corrected chi connectivity index (χ0v) is 13.4. The third-order valence-electron chi connectivity index (χ3n) is 3.01. The van der Waals surface area contributed by atoms with Gasteiger partial charge in [-0.1, -0.05) is 30.3 Å². The van der Waals surface area contributed by atoms with Crippen LogP contribution in [0.25, 0.3) is 10.6 Å². The Bertz CT molecular complexity index is 599. The number of nitrogens with zero attached hydrogens (tertiary/aromatic N) is 1. The summed E-state index contributed by atoms with van der Waals surface area (Å²) in [6.07, 6.45) is 0.717. The van der Waals surface area contributed by atoms with Crippen LogP contribution in [0.5, 0.6) is 0 Å². The maximum atomic E-state index is 12.2. The van der Waals surface area contributed by atoms with Crippen LogP contribution in [0.2, 0.25) is 0 Å². The molecular formula is C16H20N2O3S. The predicted octanol–water partition coefficient (Wildman–Crippen LogP) is 2.25. The fourth-order valence-corrected chi connectivity index (χ4v) is 2.92. The first kappa shape index (κ1) is 16.6. The molecule has 0 spiro atoms. The molecule has 5 nitrogen and oxygen atoms in total. The summed E-state index contributed by atoms with van der Waals surface area (Å²) in [6, 6.07) is 9.84. The molecular weight excluding hydrogens is 300 g/mol. The molecule has 2 rings (SSSR count). The van der Waals surface area contributed by atoms with Crippen molar-refractivity contribution in [1.82, 2.24) is 10.3 Å². The van der Waals surface area contributed by atoms with Gasteiger partial charge in [0, 0.05) is 18.7 Å². The van der Waals surface area contributed by atoms with E-state index in [4.69, 9.17) is 9.84 Å². The highest BCUT2D eigenvalue weighted by atomic mass is 32.1. The molecule has 22 heavy (non-hydrogen) atoms. The maximum absolute atomic E-state index is 12.2. The minimum absolute atomic E-state index is 0.0225. The molecule has 0 saturated heterocycles. The molecule has 2 aromatic rings. The molecule has 0 unspecified atom stereocenters. The molecule has 6 heteroatoms. The average molecular weight is 320 g/mol. The van der Waals surface area contributed by atoms with Gasteiger partial charge in [0.15, 0.2) is 0 Å². The Morgan fingerprint density at radius 3 is 2.82 bits per heavy atom. The molecule has 1 amide bonds. The van der Waals surface area contributed by atoms with Gasteiger partial charge >= 0.3 is 0 Å². The van der Waals surface area contributed by atoms with Crippen molar-refractivity contribution in [3.05, 3.63) is 40.9 Å². The topological polar surface area (TPSA) is 71.5 Å². The quantitative estimate of drug-likeness (QED) is 0.732. The number of nitrogens with one attached hydrogen (secondary N) is 1. The third kappa shape index (κ3) is 4.62. The van der Waals surface area contributed by atoms with Gasteiger partial charge in [-0.3, -0.25) is 4.79 Å². The lowest BCUT2D eigenvalue weighted by Crippen LogP contribution is -2.25. The summed E-state index contributed by atoms with van der Waals surface area (Å²) in [5.41, 5.74) is 1.77. The molecule has 0 bridgehead atoms. The summed E-state index contributed by atoms with van der Waals surface area (Å²) in [5, 5.41) is 12.3. The second kappa shape index (κ2) is 8.63. The van der Waals surface area contributed by atoms with Crippen LogP contribution in [0.3, 0.4) is 0 Å². The number of aliphatic hydroxyl groups excluding tert-OH is 1. The zero-order chi connectivity index (χ0) is 15.8. The van der Waals surface area contributed by atoms with Crippen molar-refractivity contribution in [2.24, 2.45) is 0 Å². The minimum Gasteiger partial charge on any atom is -0.394 e. The van der Waals surface area contributed by atoms with E-state index >= 15 is 0 Å². The molecule has 0 fully saturated rings. The lowest BCUT2D eigenvalue weighted by atomic mass is 10.2. The van der Waals surface area contributed by atoms with E-state index in [9.17, 15) is 4.79 Å². The lowest BCUT2D eigenvalue weighted by molar-refractivity contribution is 0.0869. The van der Waals surface area contributed by atoms with Gasteiger partial charge in [-0.25, -0.2) is 4.98 Å². The molecule has 1 aromatic carbocycles. The molecule has 118 valence electrons. The van der Waals surface area contributed by atoms with E-state index in [0.29, 0.717) is 24.6 Å². The van der Waals surface area contributed by atoms with Crippen LogP contribution in [-0.2, 0) is 4.74 Å². The van der Waals surface area contributed by atoms with Crippen LogP contribution >= 0.6 is 11.3 Å². The van der Waals surface area contributed by atoms with Crippen molar-refractivity contribution in [3.8, 4) is 10.6 Å². The van der Waals surface area contributed by atoms with Crippen LogP contribution in [0.1, 0.15) is 21.8 Å². The van der Waals surface area contributed by atoms with E-state index in [1.165, 1.54) is 11.3 Å². The summed E-state index contributed by atoms with van der Waals surface area (Å²) in [4.78, 5) is 17.3. The SMILES string of the molecule is Cc1nc(-c2ccccc2)sc1C(=O)NCCCOCCO. The molecule has 2 N–H and O–H groups in total. The molecule has 0 aliphatic rings. The Labute approximate surface area is 134 Å². The Balaban J connectivity index is 1.89. The van der Waals surface area contributed by atoms with Gasteiger partial charge in [-0.15, -0.1) is 11.3 Å². The number of carbonyl (C=O) groups excluding carboxylic acids is 1. The number of carbonyl (C=O) groups is 1. The van der Waals surface area contributed by atoms with E-state index in [1.807, 2.05) is 37.3 Å². The standard InChI is InChI=1S/C16H20N2O3S/c1-12-14(15(20)17-8-5-10-21-11-9-19)22-16(18-12)13-6-3-2-4-7-13/h2-4,6-7,19H,5,8-11H2,1H3,(H,17,20). The second-order valence-electron chi connectivity index (χ2n) is 4.75. The number of rotatable bonds is 8. The number of thiazole rings is 1. The van der Waals surface area contributed by atoms with Gasteiger partial charge in [0.25, 0.3) is 5.91 Å². The molecule has 1 aromatic heterocycles. The summed E-state index contributed by atoms with van der Waals surface area (Å²) in [5.74, 6) is -0.0978. The van der Waals surface area contributed by atoms with Crippen molar-refractivity contribution < 1.29 is 14.6 Å². The molecule has 0 aliphatic carbocycles. The highest BCUT2D eigenvalue weighted by molar-refractivity contribution is 7.17. The van der Waals surface area contributed by atoms with Gasteiger partial charge in [-0.05, 0) is 13.3 Å². The lowest BCUT2D eigenvalue weighted by Gasteiger charge is -2.04. The molecule has 0 aliphatic heterocycles. The van der Waals surface area contributed by atoms with E-state index in [0.717, 1.165) is 22.7 Å². The highest BCUT2D eigenvalue weighted by Gasteiger charge is 2.15. The number of ether oxygens (including phenoxy) is 1. The molecule has 0 radical (unpaired) electrons. The Hall–Kier alpha value is -1.76. The van der Waals surface area contributed by atoms with E-state index in [-0.39, 0.29) is 12.5 Å². The second-order valence-corrected chi connectivity index (χ2v) is 5.74. The zero-order valence-electron chi connectivity index (χ0n) is 12.5. The van der Waals surface area contributed by atoms with Gasteiger partial charge in [0.2, 0.25) is 0 Å². The minimum atomic E-state index is -0.0978. The molecule has 0 saturated carbocycles. The summed E-state index contributed by atoms with van der Waals surface area (Å²) in [6.45, 7) is 3.28. The van der Waals surface area contributed by atoms with Crippen molar-refractivity contribution in [2.75, 3.05) is 26.4 Å². The van der Waals surface area contributed by atoms with Crippen molar-refractivity contribution in [3.63, 3.8) is 0 Å².